The molecule has 1 aliphatic heterocycles. The predicted molar refractivity (Wildman–Crippen MR) is 109 cm³/mol. The number of rotatable bonds is 3. The van der Waals surface area contributed by atoms with Gasteiger partial charge in [0.05, 0.1) is 22.7 Å². The van der Waals surface area contributed by atoms with E-state index >= 15 is 0 Å². The lowest BCUT2D eigenvalue weighted by atomic mass is 9.99. The predicted octanol–water partition coefficient (Wildman–Crippen LogP) is 3.26. The summed E-state index contributed by atoms with van der Waals surface area (Å²) in [6, 6.07) is 5.69. The molecule has 1 unspecified atom stereocenters. The van der Waals surface area contributed by atoms with Gasteiger partial charge in [0.25, 0.3) is 11.6 Å². The molecule has 0 radical (unpaired) electrons. The van der Waals surface area contributed by atoms with Gasteiger partial charge in [-0.15, -0.1) is 12.4 Å². The summed E-state index contributed by atoms with van der Waals surface area (Å²) in [5.41, 5.74) is 3.57. The second kappa shape index (κ2) is 8.24. The highest BCUT2D eigenvalue weighted by molar-refractivity contribution is 6.06. The van der Waals surface area contributed by atoms with Crippen molar-refractivity contribution in [2.75, 3.05) is 19.6 Å². The molecule has 7 nitrogen and oxygen atoms in total. The fourth-order valence-corrected chi connectivity index (χ4v) is 3.63. The number of pyridine rings is 2. The monoisotopic (exact) mass is 401 g/mol. The molecular weight excluding hydrogens is 378 g/mol. The highest BCUT2D eigenvalue weighted by atomic mass is 35.5. The maximum absolute atomic E-state index is 13.6. The number of nitrogens with zero attached hydrogens (tertiary/aromatic N) is 4. The topological polar surface area (TPSA) is 84.2 Å². The fourth-order valence-electron chi connectivity index (χ4n) is 3.63. The van der Waals surface area contributed by atoms with Crippen molar-refractivity contribution in [2.24, 2.45) is 0 Å². The zero-order chi connectivity index (χ0) is 19.0. The van der Waals surface area contributed by atoms with Gasteiger partial charge < -0.3 is 14.7 Å². The van der Waals surface area contributed by atoms with Gasteiger partial charge in [0.2, 0.25) is 0 Å². The maximum Gasteiger partial charge on any atom is 0.259 e. The molecule has 148 valence electrons. The highest BCUT2D eigenvalue weighted by Gasteiger charge is 2.31. The Kier molecular flexibility index (Phi) is 5.96. The molecule has 4 heterocycles. The molecule has 1 saturated heterocycles. The molecule has 0 aliphatic carbocycles. The average Bonchev–Trinajstić information content (AvgIpc) is 3.11. The van der Waals surface area contributed by atoms with Crippen molar-refractivity contribution in [1.29, 1.82) is 0 Å². The van der Waals surface area contributed by atoms with E-state index < -0.39 is 0 Å². The molecule has 1 N–H and O–H groups in total. The van der Waals surface area contributed by atoms with Crippen molar-refractivity contribution < 1.29 is 9.32 Å². The molecule has 1 atom stereocenters. The molecule has 1 aliphatic rings. The molecular formula is C20H24ClN5O2. The fraction of sp³-hybridized carbons (Fsp3) is 0.400. The van der Waals surface area contributed by atoms with Gasteiger partial charge in [0.1, 0.15) is 0 Å². The Balaban J connectivity index is 0.00000225. The van der Waals surface area contributed by atoms with E-state index in [0.717, 1.165) is 28.9 Å². The Morgan fingerprint density at radius 1 is 1.39 bits per heavy atom. The molecule has 4 rings (SSSR count). The summed E-state index contributed by atoms with van der Waals surface area (Å²) < 4.78 is 5.43. The molecule has 0 spiro atoms. The molecule has 8 heteroatoms. The van der Waals surface area contributed by atoms with E-state index in [0.29, 0.717) is 24.4 Å². The summed E-state index contributed by atoms with van der Waals surface area (Å²) in [6.45, 7) is 8.03. The number of fused-ring (bicyclic) bond motifs is 1. The van der Waals surface area contributed by atoms with Crippen molar-refractivity contribution in [3.8, 4) is 0 Å². The van der Waals surface area contributed by atoms with E-state index in [9.17, 15) is 4.79 Å². The summed E-state index contributed by atoms with van der Waals surface area (Å²) >= 11 is 0. The number of amides is 1. The first-order chi connectivity index (χ1) is 13.1. The number of carbonyl (C=O) groups is 1. The second-order valence-corrected chi connectivity index (χ2v) is 7.22. The van der Waals surface area contributed by atoms with Crippen molar-refractivity contribution in [3.05, 3.63) is 53.1 Å². The van der Waals surface area contributed by atoms with Gasteiger partial charge in [-0.25, -0.2) is 4.98 Å². The van der Waals surface area contributed by atoms with Gasteiger partial charge in [-0.3, -0.25) is 9.78 Å². The van der Waals surface area contributed by atoms with E-state index in [1.54, 1.807) is 6.20 Å². The van der Waals surface area contributed by atoms with Crippen molar-refractivity contribution in [1.82, 2.24) is 25.3 Å². The standard InChI is InChI=1S/C20H23N5O2.ClH/c1-12(2)18-17-15(9-13(3)23-19(17)27-24-18)20(26)25-8-7-22-11-16(25)14-5-4-6-21-10-14;/h4-6,9-10,12,16,22H,7-8,11H2,1-3H3;1H. The summed E-state index contributed by atoms with van der Waals surface area (Å²) in [6.07, 6.45) is 3.57. The van der Waals surface area contributed by atoms with Crippen LogP contribution in [0.1, 0.15) is 53.1 Å². The maximum atomic E-state index is 13.6. The first-order valence-corrected chi connectivity index (χ1v) is 9.24. The molecule has 1 amide bonds. The quantitative estimate of drug-likeness (QED) is 0.725. The zero-order valence-electron chi connectivity index (χ0n) is 16.2. The Morgan fingerprint density at radius 3 is 2.93 bits per heavy atom. The highest BCUT2D eigenvalue weighted by Crippen LogP contribution is 2.31. The Morgan fingerprint density at radius 2 is 2.21 bits per heavy atom. The minimum absolute atomic E-state index is 0. The van der Waals surface area contributed by atoms with Gasteiger partial charge in [0.15, 0.2) is 0 Å². The van der Waals surface area contributed by atoms with Crippen LogP contribution in [0.2, 0.25) is 0 Å². The van der Waals surface area contributed by atoms with Crippen LogP contribution in [0, 0.1) is 6.92 Å². The Bertz CT molecular complexity index is 973. The molecule has 0 aromatic carbocycles. The van der Waals surface area contributed by atoms with Crippen LogP contribution in [0.4, 0.5) is 0 Å². The summed E-state index contributed by atoms with van der Waals surface area (Å²) in [5.74, 6) is 0.116. The molecule has 3 aromatic heterocycles. The van der Waals surface area contributed by atoms with Gasteiger partial charge in [-0.05, 0) is 30.5 Å². The smallest absolute Gasteiger partial charge is 0.259 e. The van der Waals surface area contributed by atoms with Gasteiger partial charge >= 0.3 is 0 Å². The second-order valence-electron chi connectivity index (χ2n) is 7.22. The van der Waals surface area contributed by atoms with Crippen LogP contribution in [-0.2, 0) is 0 Å². The van der Waals surface area contributed by atoms with E-state index in [4.69, 9.17) is 4.52 Å². The molecule has 0 saturated carbocycles. The number of carbonyl (C=O) groups excluding carboxylic acids is 1. The summed E-state index contributed by atoms with van der Waals surface area (Å²) in [7, 11) is 0. The zero-order valence-corrected chi connectivity index (χ0v) is 17.0. The van der Waals surface area contributed by atoms with Crippen LogP contribution >= 0.6 is 12.4 Å². The van der Waals surface area contributed by atoms with Crippen LogP contribution in [0.5, 0.6) is 0 Å². The number of halogens is 1. The van der Waals surface area contributed by atoms with Crippen LogP contribution in [-0.4, -0.2) is 45.6 Å². The lowest BCUT2D eigenvalue weighted by molar-refractivity contribution is 0.0635. The SMILES string of the molecule is Cc1cc(C(=O)N2CCNCC2c2cccnc2)c2c(C(C)C)noc2n1.Cl. The number of aryl methyl sites for hydroxylation is 1. The minimum atomic E-state index is -0.0640. The van der Waals surface area contributed by atoms with Gasteiger partial charge in [-0.1, -0.05) is 25.1 Å². The third kappa shape index (κ3) is 3.59. The van der Waals surface area contributed by atoms with Crippen LogP contribution in [0.25, 0.3) is 11.1 Å². The number of aromatic nitrogens is 3. The first kappa shape index (κ1) is 20.2. The Labute approximate surface area is 169 Å². The van der Waals surface area contributed by atoms with Crippen molar-refractivity contribution >= 4 is 29.4 Å². The Hall–Kier alpha value is -2.51. The molecule has 28 heavy (non-hydrogen) atoms. The third-order valence-corrected chi connectivity index (χ3v) is 4.95. The van der Waals surface area contributed by atoms with Crippen molar-refractivity contribution in [3.63, 3.8) is 0 Å². The number of piperazine rings is 1. The van der Waals surface area contributed by atoms with Gasteiger partial charge in [0, 0.05) is 37.7 Å². The van der Waals surface area contributed by atoms with Gasteiger partial charge in [-0.2, -0.15) is 0 Å². The van der Waals surface area contributed by atoms with E-state index in [1.165, 1.54) is 0 Å². The largest absolute Gasteiger partial charge is 0.335 e. The van der Waals surface area contributed by atoms with E-state index in [2.05, 4.69) is 20.4 Å². The van der Waals surface area contributed by atoms with E-state index in [-0.39, 0.29) is 30.3 Å². The molecule has 0 bridgehead atoms. The first-order valence-electron chi connectivity index (χ1n) is 9.24. The summed E-state index contributed by atoms with van der Waals surface area (Å²) in [5, 5.41) is 8.27. The van der Waals surface area contributed by atoms with Crippen molar-refractivity contribution in [2.45, 2.75) is 32.7 Å². The minimum Gasteiger partial charge on any atom is -0.335 e. The third-order valence-electron chi connectivity index (χ3n) is 4.95. The number of hydrogen-bond acceptors (Lipinski definition) is 6. The van der Waals surface area contributed by atoms with Crippen LogP contribution in [0.15, 0.2) is 35.1 Å². The molecule has 3 aromatic rings. The normalized spacial score (nSPS) is 17.0. The van der Waals surface area contributed by atoms with E-state index in [1.807, 2.05) is 50.1 Å². The van der Waals surface area contributed by atoms with Crippen LogP contribution < -0.4 is 5.32 Å². The van der Waals surface area contributed by atoms with Crippen LogP contribution in [0.3, 0.4) is 0 Å². The number of nitrogens with one attached hydrogen (secondary N) is 1. The lowest BCUT2D eigenvalue weighted by Gasteiger charge is -2.36. The average molecular weight is 402 g/mol. The summed E-state index contributed by atoms with van der Waals surface area (Å²) in [4.78, 5) is 24.2. The number of hydrogen-bond donors (Lipinski definition) is 1. The molecule has 1 fully saturated rings. The lowest BCUT2D eigenvalue weighted by Crippen LogP contribution is -2.48.